The van der Waals surface area contributed by atoms with E-state index < -0.39 is 18.0 Å². The topological polar surface area (TPSA) is 93.4 Å². The molecular weight excluding hydrogens is 270 g/mol. The second-order valence-electron chi connectivity index (χ2n) is 4.69. The highest BCUT2D eigenvalue weighted by Crippen LogP contribution is 2.06. The molecule has 0 spiro atoms. The number of nitriles is 1. The Morgan fingerprint density at radius 2 is 2.05 bits per heavy atom. The van der Waals surface area contributed by atoms with Crippen molar-refractivity contribution in [2.75, 3.05) is 13.6 Å². The molecule has 21 heavy (non-hydrogen) atoms. The number of hydrogen-bond acceptors (Lipinski definition) is 3. The molecule has 0 heterocycles. The van der Waals surface area contributed by atoms with Crippen LogP contribution in [0.3, 0.4) is 0 Å². The average molecular weight is 289 g/mol. The first kappa shape index (κ1) is 16.5. The third-order valence-corrected chi connectivity index (χ3v) is 3.07. The van der Waals surface area contributed by atoms with Crippen molar-refractivity contribution in [1.29, 1.82) is 5.26 Å². The second kappa shape index (κ2) is 8.59. The number of carbonyl (C=O) groups excluding carboxylic acids is 1. The lowest BCUT2D eigenvalue weighted by atomic mass is 10.1. The van der Waals surface area contributed by atoms with E-state index in [1.165, 1.54) is 11.9 Å². The molecule has 0 fully saturated rings. The van der Waals surface area contributed by atoms with E-state index in [4.69, 9.17) is 5.26 Å². The lowest BCUT2D eigenvalue weighted by Crippen LogP contribution is -2.47. The van der Waals surface area contributed by atoms with E-state index in [-0.39, 0.29) is 13.0 Å². The zero-order chi connectivity index (χ0) is 15.7. The molecule has 1 rings (SSSR count). The molecule has 2 N–H and O–H groups in total. The van der Waals surface area contributed by atoms with E-state index in [1.54, 1.807) is 0 Å². The number of carboxylic acid groups (broad SMARTS) is 1. The Bertz CT molecular complexity index is 511. The number of aliphatic carboxylic acids is 1. The van der Waals surface area contributed by atoms with E-state index in [1.807, 2.05) is 36.4 Å². The number of nitrogens with zero attached hydrogens (tertiary/aromatic N) is 2. The van der Waals surface area contributed by atoms with Gasteiger partial charge >= 0.3 is 12.0 Å². The zero-order valence-electron chi connectivity index (χ0n) is 12.0. The summed E-state index contributed by atoms with van der Waals surface area (Å²) < 4.78 is 0. The van der Waals surface area contributed by atoms with Gasteiger partial charge in [-0.2, -0.15) is 5.26 Å². The lowest BCUT2D eigenvalue weighted by Gasteiger charge is -2.20. The predicted molar refractivity (Wildman–Crippen MR) is 77.6 cm³/mol. The van der Waals surface area contributed by atoms with Gasteiger partial charge in [0.25, 0.3) is 0 Å². The summed E-state index contributed by atoms with van der Waals surface area (Å²) in [7, 11) is 1.53. The Kier molecular flexibility index (Phi) is 6.75. The van der Waals surface area contributed by atoms with Crippen molar-refractivity contribution >= 4 is 12.0 Å². The molecule has 0 aliphatic heterocycles. The first-order chi connectivity index (χ1) is 10.0. The smallest absolute Gasteiger partial charge is 0.326 e. The highest BCUT2D eigenvalue weighted by atomic mass is 16.4. The Morgan fingerprint density at radius 3 is 2.62 bits per heavy atom. The largest absolute Gasteiger partial charge is 0.480 e. The van der Waals surface area contributed by atoms with Crippen LogP contribution >= 0.6 is 0 Å². The summed E-state index contributed by atoms with van der Waals surface area (Å²) in [6.07, 6.45) is 1.10. The number of amides is 2. The number of rotatable bonds is 7. The number of nitrogens with one attached hydrogen (secondary N) is 1. The van der Waals surface area contributed by atoms with Crippen molar-refractivity contribution in [2.24, 2.45) is 0 Å². The third-order valence-electron chi connectivity index (χ3n) is 3.07. The van der Waals surface area contributed by atoms with Crippen LogP contribution in [0, 0.1) is 11.3 Å². The van der Waals surface area contributed by atoms with Crippen LogP contribution in [0.25, 0.3) is 0 Å². The average Bonchev–Trinajstić information content (AvgIpc) is 2.49. The van der Waals surface area contributed by atoms with E-state index in [0.717, 1.165) is 5.56 Å². The van der Waals surface area contributed by atoms with Crippen molar-refractivity contribution in [2.45, 2.75) is 25.3 Å². The first-order valence-electron chi connectivity index (χ1n) is 6.70. The van der Waals surface area contributed by atoms with Gasteiger partial charge in [0.2, 0.25) is 0 Å². The highest BCUT2D eigenvalue weighted by Gasteiger charge is 2.21. The first-order valence-corrected chi connectivity index (χ1v) is 6.70. The van der Waals surface area contributed by atoms with Crippen LogP contribution in [0.5, 0.6) is 0 Å². The molecule has 0 aromatic heterocycles. The van der Waals surface area contributed by atoms with Gasteiger partial charge in [0, 0.05) is 13.6 Å². The number of urea groups is 1. The Labute approximate surface area is 124 Å². The van der Waals surface area contributed by atoms with Crippen LogP contribution in [-0.2, 0) is 11.2 Å². The van der Waals surface area contributed by atoms with Crippen LogP contribution in [0.1, 0.15) is 18.4 Å². The summed E-state index contributed by atoms with van der Waals surface area (Å²) in [5, 5.41) is 20.1. The van der Waals surface area contributed by atoms with Gasteiger partial charge in [-0.05, 0) is 18.4 Å². The van der Waals surface area contributed by atoms with E-state index in [2.05, 4.69) is 5.32 Å². The lowest BCUT2D eigenvalue weighted by molar-refractivity contribution is -0.139. The number of benzene rings is 1. The maximum atomic E-state index is 11.8. The molecule has 1 atom stereocenters. The number of hydrogen-bond donors (Lipinski definition) is 2. The summed E-state index contributed by atoms with van der Waals surface area (Å²) in [6, 6.07) is 10.0. The van der Waals surface area contributed by atoms with Crippen LogP contribution < -0.4 is 5.32 Å². The Balaban J connectivity index is 2.52. The SMILES string of the molecule is CN(CCC#N)C(=O)N[C@@H](CCc1ccccc1)C(=O)O. The van der Waals surface area contributed by atoms with Crippen LogP contribution in [0.15, 0.2) is 30.3 Å². The fourth-order valence-corrected chi connectivity index (χ4v) is 1.79. The maximum Gasteiger partial charge on any atom is 0.326 e. The standard InChI is InChI=1S/C15H19N3O3/c1-18(11-5-10-16)15(21)17-13(14(19)20)9-8-12-6-3-2-4-7-12/h2-4,6-7,13H,5,8-9,11H2,1H3,(H,17,21)(H,19,20)/t13-/m0/s1. The van der Waals surface area contributed by atoms with Gasteiger partial charge in [-0.3, -0.25) is 0 Å². The molecule has 0 radical (unpaired) electrons. The molecule has 112 valence electrons. The van der Waals surface area contributed by atoms with Crippen LogP contribution in [0.4, 0.5) is 4.79 Å². The fourth-order valence-electron chi connectivity index (χ4n) is 1.79. The number of carbonyl (C=O) groups is 2. The molecule has 6 heteroatoms. The molecule has 0 saturated carbocycles. The molecule has 2 amide bonds. The Morgan fingerprint density at radius 1 is 1.38 bits per heavy atom. The fraction of sp³-hybridized carbons (Fsp3) is 0.400. The van der Waals surface area contributed by atoms with Crippen molar-refractivity contribution in [3.8, 4) is 6.07 Å². The minimum atomic E-state index is -1.06. The molecule has 0 bridgehead atoms. The van der Waals surface area contributed by atoms with E-state index >= 15 is 0 Å². The van der Waals surface area contributed by atoms with Gasteiger partial charge < -0.3 is 15.3 Å². The maximum absolute atomic E-state index is 11.8. The Hall–Kier alpha value is -2.55. The monoisotopic (exact) mass is 289 g/mol. The summed E-state index contributed by atoms with van der Waals surface area (Å²) in [5.74, 6) is -1.06. The van der Waals surface area contributed by atoms with Gasteiger partial charge in [0.1, 0.15) is 6.04 Å². The van der Waals surface area contributed by atoms with Gasteiger partial charge in [0.15, 0.2) is 0 Å². The minimum Gasteiger partial charge on any atom is -0.480 e. The summed E-state index contributed by atoms with van der Waals surface area (Å²) in [4.78, 5) is 24.3. The molecular formula is C15H19N3O3. The van der Waals surface area contributed by atoms with Crippen molar-refractivity contribution in [3.05, 3.63) is 35.9 Å². The summed E-state index contributed by atoms with van der Waals surface area (Å²) >= 11 is 0. The van der Waals surface area contributed by atoms with Gasteiger partial charge in [0.05, 0.1) is 12.5 Å². The summed E-state index contributed by atoms with van der Waals surface area (Å²) in [5.41, 5.74) is 1.02. The molecule has 1 aromatic rings. The van der Waals surface area contributed by atoms with E-state index in [9.17, 15) is 14.7 Å². The van der Waals surface area contributed by atoms with Crippen LogP contribution in [0.2, 0.25) is 0 Å². The number of carboxylic acids is 1. The summed E-state index contributed by atoms with van der Waals surface area (Å²) in [6.45, 7) is 0.271. The van der Waals surface area contributed by atoms with Crippen LogP contribution in [-0.4, -0.2) is 41.6 Å². The van der Waals surface area contributed by atoms with Gasteiger partial charge in [-0.1, -0.05) is 30.3 Å². The molecule has 0 aliphatic carbocycles. The zero-order valence-corrected chi connectivity index (χ0v) is 12.0. The van der Waals surface area contributed by atoms with Gasteiger partial charge in [-0.25, -0.2) is 9.59 Å². The molecule has 0 aliphatic rings. The quantitative estimate of drug-likeness (QED) is 0.797. The molecule has 6 nitrogen and oxygen atoms in total. The minimum absolute atomic E-state index is 0.214. The molecule has 0 unspecified atom stereocenters. The van der Waals surface area contributed by atoms with Crippen molar-refractivity contribution < 1.29 is 14.7 Å². The van der Waals surface area contributed by atoms with Crippen molar-refractivity contribution in [3.63, 3.8) is 0 Å². The molecule has 1 aromatic carbocycles. The predicted octanol–water partition coefficient (Wildman–Crippen LogP) is 1.63. The third kappa shape index (κ3) is 5.95. The normalized spacial score (nSPS) is 11.2. The molecule has 0 saturated heterocycles. The van der Waals surface area contributed by atoms with Gasteiger partial charge in [-0.15, -0.1) is 0 Å². The second-order valence-corrected chi connectivity index (χ2v) is 4.69. The van der Waals surface area contributed by atoms with Crippen molar-refractivity contribution in [1.82, 2.24) is 10.2 Å². The highest BCUT2D eigenvalue weighted by molar-refractivity contribution is 5.82. The number of aryl methyl sites for hydroxylation is 1. The van der Waals surface area contributed by atoms with E-state index in [0.29, 0.717) is 12.8 Å².